The van der Waals surface area contributed by atoms with Crippen molar-refractivity contribution in [3.63, 3.8) is 0 Å². The van der Waals surface area contributed by atoms with Gasteiger partial charge in [0.25, 0.3) is 5.91 Å². The lowest BCUT2D eigenvalue weighted by Gasteiger charge is -2.21. The lowest BCUT2D eigenvalue weighted by atomic mass is 10.0. The van der Waals surface area contributed by atoms with Crippen LogP contribution in [-0.4, -0.2) is 35.2 Å². The van der Waals surface area contributed by atoms with Gasteiger partial charge >= 0.3 is 5.97 Å². The molecular formula is C17H17NO5. The average molecular weight is 315 g/mol. The maximum absolute atomic E-state index is 12.2. The van der Waals surface area contributed by atoms with Crippen molar-refractivity contribution in [3.8, 4) is 5.75 Å². The highest BCUT2D eigenvalue weighted by Crippen LogP contribution is 2.18. The summed E-state index contributed by atoms with van der Waals surface area (Å²) in [5.41, 5.74) is 0.654. The minimum absolute atomic E-state index is 0.246. The van der Waals surface area contributed by atoms with Gasteiger partial charge in [-0.1, -0.05) is 36.4 Å². The number of carboxylic acid groups (broad SMARTS) is 1. The molecule has 2 rings (SSSR count). The summed E-state index contributed by atoms with van der Waals surface area (Å²) in [6, 6.07) is 13.2. The number of aliphatic carboxylic acids is 1. The molecule has 2 unspecified atom stereocenters. The molecule has 0 aliphatic carbocycles. The Bertz CT molecular complexity index is 686. The Morgan fingerprint density at radius 1 is 1.09 bits per heavy atom. The monoisotopic (exact) mass is 315 g/mol. The minimum Gasteiger partial charge on any atom is -0.497 e. The molecule has 0 bridgehead atoms. The highest BCUT2D eigenvalue weighted by molar-refractivity contribution is 5.97. The summed E-state index contributed by atoms with van der Waals surface area (Å²) < 4.78 is 5.03. The number of methoxy groups -OCH3 is 1. The predicted molar refractivity (Wildman–Crippen MR) is 83.3 cm³/mol. The third-order valence-electron chi connectivity index (χ3n) is 3.34. The van der Waals surface area contributed by atoms with E-state index in [0.29, 0.717) is 11.3 Å². The lowest BCUT2D eigenvalue weighted by molar-refractivity contribution is -0.142. The molecule has 0 aromatic heterocycles. The molecule has 0 radical (unpaired) electrons. The van der Waals surface area contributed by atoms with Crippen molar-refractivity contribution < 1.29 is 24.5 Å². The van der Waals surface area contributed by atoms with Crippen molar-refractivity contribution in [3.05, 3.63) is 65.7 Å². The standard InChI is InChI=1S/C17H17NO5/c1-23-13-9-5-8-12(10-13)16(20)18-14(17(21)22)15(19)11-6-3-2-4-7-11/h2-10,14-15,19H,1H3,(H,18,20)(H,21,22). The van der Waals surface area contributed by atoms with E-state index in [1.165, 1.54) is 19.2 Å². The van der Waals surface area contributed by atoms with E-state index in [2.05, 4.69) is 5.32 Å². The lowest BCUT2D eigenvalue weighted by Crippen LogP contribution is -2.45. The van der Waals surface area contributed by atoms with Crippen LogP contribution in [0.5, 0.6) is 5.75 Å². The summed E-state index contributed by atoms with van der Waals surface area (Å²) in [5.74, 6) is -1.45. The normalized spacial score (nSPS) is 13.0. The highest BCUT2D eigenvalue weighted by Gasteiger charge is 2.29. The molecule has 6 nitrogen and oxygen atoms in total. The second kappa shape index (κ2) is 7.42. The van der Waals surface area contributed by atoms with Gasteiger partial charge in [0, 0.05) is 5.56 Å². The molecule has 3 N–H and O–H groups in total. The van der Waals surface area contributed by atoms with Crippen molar-refractivity contribution >= 4 is 11.9 Å². The van der Waals surface area contributed by atoms with E-state index in [1.54, 1.807) is 42.5 Å². The van der Waals surface area contributed by atoms with E-state index in [4.69, 9.17) is 4.74 Å². The van der Waals surface area contributed by atoms with Crippen LogP contribution < -0.4 is 10.1 Å². The molecule has 2 aromatic rings. The zero-order chi connectivity index (χ0) is 16.8. The smallest absolute Gasteiger partial charge is 0.329 e. The molecule has 2 atom stereocenters. The van der Waals surface area contributed by atoms with Gasteiger partial charge in [-0.15, -0.1) is 0 Å². The Kier molecular flexibility index (Phi) is 5.32. The first-order valence-corrected chi connectivity index (χ1v) is 6.93. The van der Waals surface area contributed by atoms with Crippen LogP contribution in [0.1, 0.15) is 22.0 Å². The molecule has 0 saturated carbocycles. The number of carbonyl (C=O) groups excluding carboxylic acids is 1. The zero-order valence-corrected chi connectivity index (χ0v) is 12.5. The Morgan fingerprint density at radius 2 is 1.78 bits per heavy atom. The summed E-state index contributed by atoms with van der Waals surface area (Å²) >= 11 is 0. The van der Waals surface area contributed by atoms with Crippen LogP contribution >= 0.6 is 0 Å². The Balaban J connectivity index is 2.19. The number of aliphatic hydroxyl groups is 1. The Hall–Kier alpha value is -2.86. The Morgan fingerprint density at radius 3 is 2.39 bits per heavy atom. The van der Waals surface area contributed by atoms with Crippen LogP contribution in [0.15, 0.2) is 54.6 Å². The number of ether oxygens (including phenoxy) is 1. The van der Waals surface area contributed by atoms with Gasteiger partial charge in [0.1, 0.15) is 11.9 Å². The fourth-order valence-corrected chi connectivity index (χ4v) is 2.11. The van der Waals surface area contributed by atoms with Crippen molar-refractivity contribution in [1.29, 1.82) is 0 Å². The SMILES string of the molecule is COc1cccc(C(=O)NC(C(=O)O)C(O)c2ccccc2)c1. The molecule has 0 aliphatic heterocycles. The van der Waals surface area contributed by atoms with Gasteiger partial charge in [0.2, 0.25) is 0 Å². The van der Waals surface area contributed by atoms with Gasteiger partial charge in [-0.25, -0.2) is 4.79 Å². The number of amides is 1. The summed E-state index contributed by atoms with van der Waals surface area (Å²) in [6.45, 7) is 0. The number of benzene rings is 2. The molecule has 0 fully saturated rings. The maximum atomic E-state index is 12.2. The van der Waals surface area contributed by atoms with E-state index in [9.17, 15) is 19.8 Å². The van der Waals surface area contributed by atoms with E-state index < -0.39 is 24.0 Å². The molecule has 0 saturated heterocycles. The van der Waals surface area contributed by atoms with Gasteiger partial charge in [-0.05, 0) is 23.8 Å². The van der Waals surface area contributed by atoms with Crippen molar-refractivity contribution in [1.82, 2.24) is 5.32 Å². The van der Waals surface area contributed by atoms with Gasteiger partial charge in [-0.2, -0.15) is 0 Å². The molecular weight excluding hydrogens is 298 g/mol. The van der Waals surface area contributed by atoms with Crippen LogP contribution in [0.25, 0.3) is 0 Å². The average Bonchev–Trinajstić information content (AvgIpc) is 2.59. The second-order valence-electron chi connectivity index (χ2n) is 4.88. The number of aliphatic hydroxyl groups excluding tert-OH is 1. The van der Waals surface area contributed by atoms with Gasteiger partial charge in [0.05, 0.1) is 7.11 Å². The summed E-state index contributed by atoms with van der Waals surface area (Å²) in [4.78, 5) is 23.6. The number of nitrogens with one attached hydrogen (secondary N) is 1. The van der Waals surface area contributed by atoms with E-state index in [-0.39, 0.29) is 5.56 Å². The van der Waals surface area contributed by atoms with Crippen LogP contribution in [0.4, 0.5) is 0 Å². The van der Waals surface area contributed by atoms with E-state index >= 15 is 0 Å². The first kappa shape index (κ1) is 16.5. The second-order valence-corrected chi connectivity index (χ2v) is 4.88. The molecule has 6 heteroatoms. The van der Waals surface area contributed by atoms with Crippen LogP contribution in [0, 0.1) is 0 Å². The molecule has 0 spiro atoms. The van der Waals surface area contributed by atoms with E-state index in [1.807, 2.05) is 0 Å². The number of hydrogen-bond acceptors (Lipinski definition) is 4. The fourth-order valence-electron chi connectivity index (χ4n) is 2.11. The third-order valence-corrected chi connectivity index (χ3v) is 3.34. The number of rotatable bonds is 6. The molecule has 120 valence electrons. The largest absolute Gasteiger partial charge is 0.497 e. The van der Waals surface area contributed by atoms with Crippen LogP contribution in [0.3, 0.4) is 0 Å². The minimum atomic E-state index is -1.46. The quantitative estimate of drug-likeness (QED) is 0.752. The summed E-state index contributed by atoms with van der Waals surface area (Å²) in [6.07, 6.45) is -1.36. The highest BCUT2D eigenvalue weighted by atomic mass is 16.5. The fraction of sp³-hybridized carbons (Fsp3) is 0.176. The maximum Gasteiger partial charge on any atom is 0.329 e. The van der Waals surface area contributed by atoms with Gasteiger partial charge in [-0.3, -0.25) is 4.79 Å². The van der Waals surface area contributed by atoms with Crippen LogP contribution in [-0.2, 0) is 4.79 Å². The number of hydrogen-bond donors (Lipinski definition) is 3. The summed E-state index contributed by atoms with van der Waals surface area (Å²) in [5, 5.41) is 21.9. The van der Waals surface area contributed by atoms with Gasteiger partial charge < -0.3 is 20.3 Å². The summed E-state index contributed by atoms with van der Waals surface area (Å²) in [7, 11) is 1.47. The van der Waals surface area contributed by atoms with Crippen molar-refractivity contribution in [2.45, 2.75) is 12.1 Å². The van der Waals surface area contributed by atoms with Crippen molar-refractivity contribution in [2.75, 3.05) is 7.11 Å². The predicted octanol–water partition coefficient (Wildman–Crippen LogP) is 1.61. The van der Waals surface area contributed by atoms with Gasteiger partial charge in [0.15, 0.2) is 6.04 Å². The topological polar surface area (TPSA) is 95.9 Å². The third kappa shape index (κ3) is 4.08. The van der Waals surface area contributed by atoms with Crippen LogP contribution in [0.2, 0.25) is 0 Å². The molecule has 0 aliphatic rings. The number of carbonyl (C=O) groups is 2. The molecule has 1 amide bonds. The van der Waals surface area contributed by atoms with Crippen molar-refractivity contribution in [2.24, 2.45) is 0 Å². The zero-order valence-electron chi connectivity index (χ0n) is 12.5. The first-order chi connectivity index (χ1) is 11.0. The first-order valence-electron chi connectivity index (χ1n) is 6.93. The van der Waals surface area contributed by atoms with E-state index in [0.717, 1.165) is 0 Å². The molecule has 23 heavy (non-hydrogen) atoms. The molecule has 0 heterocycles. The molecule has 2 aromatic carbocycles. The Labute approximate surface area is 133 Å². The number of carboxylic acids is 1.